The Balaban J connectivity index is 1.88. The van der Waals surface area contributed by atoms with E-state index in [1.54, 1.807) is 0 Å². The van der Waals surface area contributed by atoms with E-state index in [1.165, 1.54) is 0 Å². The van der Waals surface area contributed by atoms with Crippen LogP contribution in [0.5, 0.6) is 5.75 Å². The third-order valence-electron chi connectivity index (χ3n) is 4.37. The molecule has 1 aliphatic carbocycles. The van der Waals surface area contributed by atoms with Crippen molar-refractivity contribution in [3.05, 3.63) is 41.2 Å². The normalized spacial score (nSPS) is 28.7. The molecule has 1 aromatic carbocycles. The van der Waals surface area contributed by atoms with Crippen molar-refractivity contribution < 1.29 is 14.3 Å². The van der Waals surface area contributed by atoms with Crippen LogP contribution in [-0.4, -0.2) is 19.0 Å². The van der Waals surface area contributed by atoms with Gasteiger partial charge in [0.1, 0.15) is 11.5 Å². The Morgan fingerprint density at radius 3 is 2.84 bits per heavy atom. The smallest absolute Gasteiger partial charge is 0.162 e. The second-order valence-electron chi connectivity index (χ2n) is 5.51. The maximum absolute atomic E-state index is 12.3. The predicted molar refractivity (Wildman–Crippen MR) is 70.0 cm³/mol. The van der Waals surface area contributed by atoms with E-state index in [-0.39, 0.29) is 17.6 Å². The fourth-order valence-electron chi connectivity index (χ4n) is 3.49. The number of benzene rings is 1. The topological polar surface area (TPSA) is 35.5 Å². The molecule has 19 heavy (non-hydrogen) atoms. The first kappa shape index (κ1) is 11.1. The molecule has 4 rings (SSSR count). The Bertz CT molecular complexity index is 573. The molecule has 0 fully saturated rings. The quantitative estimate of drug-likeness (QED) is 0.716. The molecule has 0 saturated carbocycles. The van der Waals surface area contributed by atoms with Gasteiger partial charge in [-0.15, -0.1) is 0 Å². The van der Waals surface area contributed by atoms with Crippen LogP contribution in [0.25, 0.3) is 0 Å². The Hall–Kier alpha value is -1.77. The first-order valence-corrected chi connectivity index (χ1v) is 6.95. The van der Waals surface area contributed by atoms with Gasteiger partial charge in [0.25, 0.3) is 0 Å². The zero-order valence-electron chi connectivity index (χ0n) is 10.7. The molecular weight excluding hydrogens is 240 g/mol. The third kappa shape index (κ3) is 1.61. The lowest BCUT2D eigenvalue weighted by Gasteiger charge is -2.40. The van der Waals surface area contributed by atoms with E-state index in [1.807, 2.05) is 18.2 Å². The van der Waals surface area contributed by atoms with Crippen LogP contribution in [0.4, 0.5) is 0 Å². The fourth-order valence-corrected chi connectivity index (χ4v) is 3.49. The highest BCUT2D eigenvalue weighted by atomic mass is 16.5. The molecule has 98 valence electrons. The van der Waals surface area contributed by atoms with Crippen molar-refractivity contribution in [3.63, 3.8) is 0 Å². The number of hydrogen-bond donors (Lipinski definition) is 0. The van der Waals surface area contributed by atoms with Crippen LogP contribution in [0.15, 0.2) is 35.6 Å². The van der Waals surface area contributed by atoms with Crippen molar-refractivity contribution in [3.8, 4) is 5.75 Å². The standard InChI is InChI=1S/C16H16O3/c17-12-5-3-7-14-16(12)15-10(9-19-14)8-18-13-6-2-1-4-11(13)15/h1-2,4,6,10,15H,3,5,7-9H2/t10-,15+/m0/s1. The molecule has 3 nitrogen and oxygen atoms in total. The number of ketones is 1. The molecule has 3 aliphatic rings. The lowest BCUT2D eigenvalue weighted by atomic mass is 9.73. The van der Waals surface area contributed by atoms with E-state index < -0.39 is 0 Å². The summed E-state index contributed by atoms with van der Waals surface area (Å²) in [6.07, 6.45) is 2.49. The Labute approximate surface area is 112 Å². The van der Waals surface area contributed by atoms with E-state index in [4.69, 9.17) is 9.47 Å². The van der Waals surface area contributed by atoms with Crippen LogP contribution in [0, 0.1) is 5.92 Å². The molecule has 2 heterocycles. The Morgan fingerprint density at radius 2 is 1.89 bits per heavy atom. The summed E-state index contributed by atoms with van der Waals surface area (Å²) in [4.78, 5) is 12.3. The molecule has 2 atom stereocenters. The van der Waals surface area contributed by atoms with Crippen molar-refractivity contribution in [2.75, 3.05) is 13.2 Å². The van der Waals surface area contributed by atoms with Gasteiger partial charge in [-0.05, 0) is 12.5 Å². The molecule has 0 N–H and O–H groups in total. The largest absolute Gasteiger partial charge is 0.497 e. The fraction of sp³-hybridized carbons (Fsp3) is 0.438. The summed E-state index contributed by atoms with van der Waals surface area (Å²) in [7, 11) is 0. The maximum Gasteiger partial charge on any atom is 0.162 e. The van der Waals surface area contributed by atoms with Gasteiger partial charge in [-0.1, -0.05) is 18.2 Å². The first-order valence-electron chi connectivity index (χ1n) is 6.95. The van der Waals surface area contributed by atoms with Crippen molar-refractivity contribution in [2.24, 2.45) is 5.92 Å². The second kappa shape index (κ2) is 4.12. The van der Waals surface area contributed by atoms with Crippen molar-refractivity contribution >= 4 is 5.78 Å². The van der Waals surface area contributed by atoms with Gasteiger partial charge < -0.3 is 9.47 Å². The van der Waals surface area contributed by atoms with Gasteiger partial charge in [-0.25, -0.2) is 0 Å². The minimum Gasteiger partial charge on any atom is -0.497 e. The molecule has 1 aromatic rings. The average molecular weight is 256 g/mol. The maximum atomic E-state index is 12.3. The van der Waals surface area contributed by atoms with Crippen molar-refractivity contribution in [1.29, 1.82) is 0 Å². The first-order chi connectivity index (χ1) is 9.34. The molecule has 0 aromatic heterocycles. The summed E-state index contributed by atoms with van der Waals surface area (Å²) in [5, 5.41) is 0. The second-order valence-corrected chi connectivity index (χ2v) is 5.51. The summed E-state index contributed by atoms with van der Waals surface area (Å²) in [5.74, 6) is 2.59. The third-order valence-corrected chi connectivity index (χ3v) is 4.37. The minimum atomic E-state index is 0.182. The molecular formula is C16H16O3. The molecule has 0 radical (unpaired) electrons. The highest BCUT2D eigenvalue weighted by Crippen LogP contribution is 2.47. The van der Waals surface area contributed by atoms with Crippen LogP contribution < -0.4 is 4.74 Å². The SMILES string of the molecule is O=C1CCCC2=C1[C@H]1c3ccccc3OC[C@H]1CO2. The molecule has 0 unspecified atom stereocenters. The molecule has 0 spiro atoms. The van der Waals surface area contributed by atoms with Crippen LogP contribution in [0.3, 0.4) is 0 Å². The highest BCUT2D eigenvalue weighted by Gasteiger charge is 2.42. The summed E-state index contributed by atoms with van der Waals surface area (Å²) in [5.41, 5.74) is 2.09. The minimum absolute atomic E-state index is 0.182. The number of allylic oxidation sites excluding steroid dienone is 2. The Morgan fingerprint density at radius 1 is 1.05 bits per heavy atom. The van der Waals surface area contributed by atoms with E-state index in [9.17, 15) is 4.79 Å². The predicted octanol–water partition coefficient (Wildman–Crippen LogP) is 2.82. The van der Waals surface area contributed by atoms with Crippen molar-refractivity contribution in [2.45, 2.75) is 25.2 Å². The van der Waals surface area contributed by atoms with Crippen LogP contribution in [0.1, 0.15) is 30.7 Å². The number of ether oxygens (including phenoxy) is 2. The lowest BCUT2D eigenvalue weighted by Crippen LogP contribution is -2.37. The molecule has 3 heteroatoms. The summed E-state index contributed by atoms with van der Waals surface area (Å²) in [6.45, 7) is 1.32. The number of hydrogen-bond acceptors (Lipinski definition) is 3. The number of carbonyl (C=O) groups is 1. The number of Topliss-reactive ketones (excluding diaryl/α,β-unsaturated/α-hetero) is 1. The van der Waals surface area contributed by atoms with Gasteiger partial charge in [0.15, 0.2) is 5.78 Å². The number of carbonyl (C=O) groups excluding carboxylic acids is 1. The molecule has 0 amide bonds. The lowest BCUT2D eigenvalue weighted by molar-refractivity contribution is -0.117. The number of rotatable bonds is 0. The van der Waals surface area contributed by atoms with E-state index >= 15 is 0 Å². The number of fused-ring (bicyclic) bond motifs is 4. The van der Waals surface area contributed by atoms with Gasteiger partial charge in [0.05, 0.1) is 13.2 Å². The Kier molecular flexibility index (Phi) is 2.40. The van der Waals surface area contributed by atoms with Crippen LogP contribution in [-0.2, 0) is 9.53 Å². The van der Waals surface area contributed by atoms with Gasteiger partial charge >= 0.3 is 0 Å². The van der Waals surface area contributed by atoms with Gasteiger partial charge in [-0.2, -0.15) is 0 Å². The van der Waals surface area contributed by atoms with Gasteiger partial charge in [-0.3, -0.25) is 4.79 Å². The highest BCUT2D eigenvalue weighted by molar-refractivity contribution is 5.98. The molecule has 2 aliphatic heterocycles. The summed E-state index contributed by atoms with van der Waals surface area (Å²) < 4.78 is 11.6. The number of para-hydroxylation sites is 1. The van der Waals surface area contributed by atoms with E-state index in [2.05, 4.69) is 6.07 Å². The van der Waals surface area contributed by atoms with Gasteiger partial charge in [0, 0.05) is 35.8 Å². The summed E-state index contributed by atoms with van der Waals surface area (Å²) in [6, 6.07) is 8.09. The van der Waals surface area contributed by atoms with Gasteiger partial charge in [0.2, 0.25) is 0 Å². The van der Waals surface area contributed by atoms with Crippen LogP contribution in [0.2, 0.25) is 0 Å². The summed E-state index contributed by atoms with van der Waals surface area (Å²) >= 11 is 0. The average Bonchev–Trinajstić information content (AvgIpc) is 2.47. The molecule has 0 bridgehead atoms. The monoisotopic (exact) mass is 256 g/mol. The van der Waals surface area contributed by atoms with E-state index in [0.29, 0.717) is 19.6 Å². The molecule has 0 saturated heterocycles. The van der Waals surface area contributed by atoms with E-state index in [0.717, 1.165) is 35.5 Å². The zero-order valence-corrected chi connectivity index (χ0v) is 10.7. The van der Waals surface area contributed by atoms with Crippen molar-refractivity contribution in [1.82, 2.24) is 0 Å². The van der Waals surface area contributed by atoms with Crippen LogP contribution >= 0.6 is 0 Å². The zero-order chi connectivity index (χ0) is 12.8.